The highest BCUT2D eigenvalue weighted by molar-refractivity contribution is 6.32. The maximum Gasteiger partial charge on any atom is 0.271 e. The second kappa shape index (κ2) is 7.21. The van der Waals surface area contributed by atoms with Crippen molar-refractivity contribution in [1.82, 2.24) is 9.55 Å². The maximum atomic E-state index is 12.6. The van der Waals surface area contributed by atoms with E-state index < -0.39 is 4.92 Å². The summed E-state index contributed by atoms with van der Waals surface area (Å²) in [5.74, 6) is 0.466. The Kier molecular flexibility index (Phi) is 4.82. The topological polar surface area (TPSA) is 111 Å². The fraction of sp³-hybridized carbons (Fsp3) is 0.118. The Morgan fingerprint density at radius 2 is 2.08 bits per heavy atom. The van der Waals surface area contributed by atoms with Gasteiger partial charge in [-0.2, -0.15) is 5.26 Å². The number of hydrogen-bond donors (Lipinski definition) is 0. The normalized spacial score (nSPS) is 10.5. The predicted molar refractivity (Wildman–Crippen MR) is 94.1 cm³/mol. The number of ether oxygens (including phenoxy) is 1. The van der Waals surface area contributed by atoms with E-state index in [9.17, 15) is 14.9 Å². The van der Waals surface area contributed by atoms with Gasteiger partial charge in [-0.15, -0.1) is 0 Å². The molecule has 0 aliphatic carbocycles. The van der Waals surface area contributed by atoms with Crippen LogP contribution >= 0.6 is 11.6 Å². The molecular formula is C17H11ClN4O4. The number of hydrogen-bond acceptors (Lipinski definition) is 6. The molecule has 0 N–H and O–H groups in total. The van der Waals surface area contributed by atoms with Crippen LogP contribution in [0.1, 0.15) is 5.82 Å². The largest absolute Gasteiger partial charge is 0.484 e. The molecule has 130 valence electrons. The Morgan fingerprint density at radius 3 is 2.77 bits per heavy atom. The van der Waals surface area contributed by atoms with Gasteiger partial charge in [0, 0.05) is 12.1 Å². The highest BCUT2D eigenvalue weighted by Crippen LogP contribution is 2.29. The summed E-state index contributed by atoms with van der Waals surface area (Å²) in [4.78, 5) is 27.1. The van der Waals surface area contributed by atoms with Crippen molar-refractivity contribution in [2.45, 2.75) is 13.2 Å². The van der Waals surface area contributed by atoms with E-state index in [1.807, 2.05) is 6.07 Å². The van der Waals surface area contributed by atoms with E-state index in [-0.39, 0.29) is 41.0 Å². The molecular weight excluding hydrogens is 360 g/mol. The van der Waals surface area contributed by atoms with Gasteiger partial charge in [0.05, 0.1) is 26.9 Å². The van der Waals surface area contributed by atoms with Gasteiger partial charge in [-0.3, -0.25) is 19.5 Å². The van der Waals surface area contributed by atoms with E-state index in [2.05, 4.69) is 4.98 Å². The van der Waals surface area contributed by atoms with E-state index in [4.69, 9.17) is 21.6 Å². The van der Waals surface area contributed by atoms with E-state index >= 15 is 0 Å². The molecule has 0 bridgehead atoms. The number of aromatic nitrogens is 2. The number of halogens is 1. The van der Waals surface area contributed by atoms with E-state index in [0.29, 0.717) is 10.9 Å². The number of para-hydroxylation sites is 1. The predicted octanol–water partition coefficient (Wildman–Crippen LogP) is 3.06. The molecule has 0 aliphatic heterocycles. The number of nitro groups is 1. The first kappa shape index (κ1) is 17.4. The highest BCUT2D eigenvalue weighted by Gasteiger charge is 2.14. The first-order chi connectivity index (χ1) is 12.5. The van der Waals surface area contributed by atoms with Crippen LogP contribution in [0.25, 0.3) is 10.9 Å². The molecule has 0 amide bonds. The van der Waals surface area contributed by atoms with E-state index in [1.165, 1.54) is 22.8 Å². The molecule has 3 rings (SSSR count). The van der Waals surface area contributed by atoms with Crippen molar-refractivity contribution in [2.24, 2.45) is 0 Å². The van der Waals surface area contributed by atoms with Gasteiger partial charge in [0.25, 0.3) is 11.2 Å². The number of fused-ring (bicyclic) bond motifs is 1. The van der Waals surface area contributed by atoms with Gasteiger partial charge in [-0.1, -0.05) is 23.7 Å². The maximum absolute atomic E-state index is 12.6. The van der Waals surface area contributed by atoms with Crippen LogP contribution in [0.15, 0.2) is 47.3 Å². The Morgan fingerprint density at radius 1 is 1.31 bits per heavy atom. The van der Waals surface area contributed by atoms with Crippen molar-refractivity contribution < 1.29 is 9.66 Å². The molecule has 0 aliphatic rings. The number of non-ortho nitro benzene ring substituents is 1. The second-order valence-electron chi connectivity index (χ2n) is 5.26. The molecule has 0 radical (unpaired) electrons. The summed E-state index contributed by atoms with van der Waals surface area (Å²) in [6.45, 7) is -0.303. The summed E-state index contributed by atoms with van der Waals surface area (Å²) < 4.78 is 6.79. The lowest BCUT2D eigenvalue weighted by atomic mass is 10.2. The third-order valence-corrected chi connectivity index (χ3v) is 3.95. The summed E-state index contributed by atoms with van der Waals surface area (Å²) in [6, 6.07) is 12.5. The molecule has 0 saturated carbocycles. The lowest BCUT2D eigenvalue weighted by molar-refractivity contribution is -0.384. The van der Waals surface area contributed by atoms with Crippen LogP contribution < -0.4 is 10.3 Å². The van der Waals surface area contributed by atoms with Crippen LogP contribution in [0, 0.1) is 21.4 Å². The minimum absolute atomic E-state index is 0.0640. The molecule has 1 aromatic heterocycles. The minimum atomic E-state index is -0.564. The van der Waals surface area contributed by atoms with Gasteiger partial charge in [-0.05, 0) is 18.2 Å². The van der Waals surface area contributed by atoms with Crippen molar-refractivity contribution in [3.63, 3.8) is 0 Å². The van der Waals surface area contributed by atoms with Crippen LogP contribution in [0.5, 0.6) is 5.75 Å². The monoisotopic (exact) mass is 370 g/mol. The average Bonchev–Trinajstić information content (AvgIpc) is 2.63. The van der Waals surface area contributed by atoms with Gasteiger partial charge >= 0.3 is 0 Å². The Bertz CT molecular complexity index is 1100. The molecule has 9 heteroatoms. The third kappa shape index (κ3) is 3.34. The van der Waals surface area contributed by atoms with Crippen molar-refractivity contribution in [3.8, 4) is 11.8 Å². The zero-order chi connectivity index (χ0) is 18.7. The van der Waals surface area contributed by atoms with Gasteiger partial charge in [0.2, 0.25) is 0 Å². The summed E-state index contributed by atoms with van der Waals surface area (Å²) in [7, 11) is 0. The number of nitro benzene ring substituents is 1. The third-order valence-electron chi connectivity index (χ3n) is 3.65. The second-order valence-corrected chi connectivity index (χ2v) is 5.66. The van der Waals surface area contributed by atoms with Gasteiger partial charge < -0.3 is 4.74 Å². The lowest BCUT2D eigenvalue weighted by Crippen LogP contribution is -2.26. The fourth-order valence-corrected chi connectivity index (χ4v) is 2.65. The molecule has 0 atom stereocenters. The van der Waals surface area contributed by atoms with E-state index in [1.54, 1.807) is 24.3 Å². The zero-order valence-corrected chi connectivity index (χ0v) is 14.0. The van der Waals surface area contributed by atoms with Crippen LogP contribution in [-0.4, -0.2) is 14.5 Å². The highest BCUT2D eigenvalue weighted by atomic mass is 35.5. The van der Waals surface area contributed by atoms with Gasteiger partial charge in [0.1, 0.15) is 18.9 Å². The standard InChI is InChI=1S/C17H11ClN4O4/c18-13-9-11(22(24)25)5-6-15(13)26-10-16-20-14-4-2-1-3-12(14)17(23)21(16)8-7-19/h1-6,9H,8,10H2. The molecule has 26 heavy (non-hydrogen) atoms. The lowest BCUT2D eigenvalue weighted by Gasteiger charge is -2.12. The summed E-state index contributed by atoms with van der Waals surface area (Å²) in [5, 5.41) is 20.2. The van der Waals surface area contributed by atoms with Crippen LogP contribution in [-0.2, 0) is 13.2 Å². The first-order valence-electron chi connectivity index (χ1n) is 7.43. The minimum Gasteiger partial charge on any atom is -0.484 e. The van der Waals surface area contributed by atoms with Crippen molar-refractivity contribution in [3.05, 3.63) is 73.8 Å². The van der Waals surface area contributed by atoms with Crippen molar-refractivity contribution in [1.29, 1.82) is 5.26 Å². The van der Waals surface area contributed by atoms with Crippen LogP contribution in [0.2, 0.25) is 5.02 Å². The number of nitrogens with zero attached hydrogens (tertiary/aromatic N) is 4. The zero-order valence-electron chi connectivity index (χ0n) is 13.3. The molecule has 3 aromatic rings. The van der Waals surface area contributed by atoms with Crippen molar-refractivity contribution in [2.75, 3.05) is 0 Å². The quantitative estimate of drug-likeness (QED) is 0.504. The van der Waals surface area contributed by atoms with Gasteiger partial charge in [0.15, 0.2) is 5.82 Å². The molecule has 0 saturated heterocycles. The van der Waals surface area contributed by atoms with Crippen LogP contribution in [0.4, 0.5) is 5.69 Å². The number of benzene rings is 2. The Balaban J connectivity index is 1.96. The molecule has 1 heterocycles. The Labute approximate surface area is 152 Å². The fourth-order valence-electron chi connectivity index (χ4n) is 2.42. The number of rotatable bonds is 5. The summed E-state index contributed by atoms with van der Waals surface area (Å²) in [5.41, 5.74) is -0.0156. The smallest absolute Gasteiger partial charge is 0.271 e. The number of nitriles is 1. The van der Waals surface area contributed by atoms with Gasteiger partial charge in [-0.25, -0.2) is 4.98 Å². The first-order valence-corrected chi connectivity index (χ1v) is 7.81. The molecule has 0 fully saturated rings. The molecule has 8 nitrogen and oxygen atoms in total. The van der Waals surface area contributed by atoms with Crippen molar-refractivity contribution >= 4 is 28.2 Å². The molecule has 0 spiro atoms. The van der Waals surface area contributed by atoms with E-state index in [0.717, 1.165) is 0 Å². The Hall–Kier alpha value is -3.44. The summed E-state index contributed by atoms with van der Waals surface area (Å²) in [6.07, 6.45) is 0. The molecule has 0 unspecified atom stereocenters. The SMILES string of the molecule is N#CCn1c(COc2ccc([N+](=O)[O-])cc2Cl)nc2ccccc2c1=O. The summed E-state index contributed by atoms with van der Waals surface area (Å²) >= 11 is 6.00. The average molecular weight is 371 g/mol. The molecule has 2 aromatic carbocycles. The van der Waals surface area contributed by atoms with Crippen LogP contribution in [0.3, 0.4) is 0 Å².